The zero-order valence-electron chi connectivity index (χ0n) is 11.3. The fraction of sp³-hybridized carbons (Fsp3) is 0.286. The van der Waals surface area contributed by atoms with Crippen molar-refractivity contribution in [3.63, 3.8) is 0 Å². The number of thiazole rings is 1. The van der Waals surface area contributed by atoms with Crippen LogP contribution in [0.25, 0.3) is 0 Å². The van der Waals surface area contributed by atoms with Crippen LogP contribution in [-0.4, -0.2) is 22.8 Å². The number of amides is 1. The van der Waals surface area contributed by atoms with Crippen LogP contribution in [0.4, 0.5) is 4.39 Å². The van der Waals surface area contributed by atoms with E-state index in [0.29, 0.717) is 12.1 Å². The smallest absolute Gasteiger partial charge is 0.239 e. The van der Waals surface area contributed by atoms with Crippen molar-refractivity contribution in [1.82, 2.24) is 9.88 Å². The highest BCUT2D eigenvalue weighted by Crippen LogP contribution is 2.23. The van der Waals surface area contributed by atoms with E-state index in [9.17, 15) is 9.18 Å². The van der Waals surface area contributed by atoms with Crippen LogP contribution < -0.4 is 5.73 Å². The maximum atomic E-state index is 13.0. The van der Waals surface area contributed by atoms with Crippen molar-refractivity contribution in [3.05, 3.63) is 51.7 Å². The number of halogens is 1. The number of nitrogens with zero attached hydrogens (tertiary/aromatic N) is 2. The fourth-order valence-electron chi connectivity index (χ4n) is 2.10. The van der Waals surface area contributed by atoms with Crippen molar-refractivity contribution in [2.75, 3.05) is 7.05 Å². The molecule has 1 atom stereocenters. The third kappa shape index (κ3) is 3.40. The Balaban J connectivity index is 2.19. The van der Waals surface area contributed by atoms with Gasteiger partial charge in [-0.2, -0.15) is 0 Å². The van der Waals surface area contributed by atoms with Gasteiger partial charge in [0.05, 0.1) is 5.01 Å². The van der Waals surface area contributed by atoms with E-state index in [4.69, 9.17) is 5.73 Å². The van der Waals surface area contributed by atoms with Crippen molar-refractivity contribution in [2.45, 2.75) is 19.5 Å². The van der Waals surface area contributed by atoms with Gasteiger partial charge < -0.3 is 5.73 Å². The summed E-state index contributed by atoms with van der Waals surface area (Å²) in [5.74, 6) is -0.793. The highest BCUT2D eigenvalue weighted by Gasteiger charge is 2.23. The average molecular weight is 293 g/mol. The number of carbonyl (C=O) groups is 1. The second kappa shape index (κ2) is 6.11. The van der Waals surface area contributed by atoms with E-state index in [2.05, 4.69) is 4.98 Å². The summed E-state index contributed by atoms with van der Waals surface area (Å²) >= 11 is 1.58. The summed E-state index contributed by atoms with van der Waals surface area (Å²) in [5, 5.41) is 0.978. The van der Waals surface area contributed by atoms with E-state index in [1.807, 2.05) is 18.9 Å². The van der Waals surface area contributed by atoms with E-state index >= 15 is 0 Å². The monoisotopic (exact) mass is 293 g/mol. The molecule has 0 aliphatic heterocycles. The largest absolute Gasteiger partial charge is 0.368 e. The summed E-state index contributed by atoms with van der Waals surface area (Å²) in [6, 6.07) is 5.24. The molecule has 0 bridgehead atoms. The SMILES string of the molecule is Cc1ncc(CN(C)[C@H](C(N)=O)c2ccc(F)cc2)s1. The van der Waals surface area contributed by atoms with Gasteiger partial charge in [-0.3, -0.25) is 9.69 Å². The Kier molecular flexibility index (Phi) is 4.46. The molecule has 1 heterocycles. The van der Waals surface area contributed by atoms with E-state index < -0.39 is 11.9 Å². The van der Waals surface area contributed by atoms with Gasteiger partial charge in [-0.25, -0.2) is 9.37 Å². The Hall–Kier alpha value is -1.79. The van der Waals surface area contributed by atoms with E-state index in [1.165, 1.54) is 12.1 Å². The average Bonchev–Trinajstić information content (AvgIpc) is 2.77. The zero-order valence-corrected chi connectivity index (χ0v) is 12.2. The first-order valence-electron chi connectivity index (χ1n) is 6.13. The first-order chi connectivity index (χ1) is 9.47. The number of likely N-dealkylation sites (N-methyl/N-ethyl adjacent to an activating group) is 1. The normalized spacial score (nSPS) is 12.6. The third-order valence-electron chi connectivity index (χ3n) is 2.97. The number of aromatic nitrogens is 1. The molecule has 2 rings (SSSR count). The molecule has 0 saturated heterocycles. The van der Waals surface area contributed by atoms with Crippen LogP contribution in [0.1, 0.15) is 21.5 Å². The number of nitrogens with two attached hydrogens (primary N) is 1. The predicted octanol–water partition coefficient (Wildman–Crippen LogP) is 2.25. The Morgan fingerprint density at radius 2 is 2.10 bits per heavy atom. The van der Waals surface area contributed by atoms with Crippen molar-refractivity contribution < 1.29 is 9.18 Å². The molecular weight excluding hydrogens is 277 g/mol. The molecule has 0 saturated carbocycles. The molecule has 1 amide bonds. The fourth-order valence-corrected chi connectivity index (χ4v) is 2.95. The molecule has 0 aliphatic rings. The van der Waals surface area contributed by atoms with E-state index in [0.717, 1.165) is 9.88 Å². The molecule has 0 unspecified atom stereocenters. The molecule has 106 valence electrons. The Labute approximate surface area is 121 Å². The summed E-state index contributed by atoms with van der Waals surface area (Å²) in [7, 11) is 1.81. The molecule has 1 aromatic carbocycles. The number of benzene rings is 1. The van der Waals surface area contributed by atoms with Gasteiger partial charge in [-0.15, -0.1) is 11.3 Å². The molecule has 4 nitrogen and oxygen atoms in total. The van der Waals surface area contributed by atoms with E-state index in [1.54, 1.807) is 29.7 Å². The van der Waals surface area contributed by atoms with Crippen LogP contribution >= 0.6 is 11.3 Å². The lowest BCUT2D eigenvalue weighted by Crippen LogP contribution is -2.34. The summed E-state index contributed by atoms with van der Waals surface area (Å²) < 4.78 is 13.0. The first-order valence-corrected chi connectivity index (χ1v) is 6.95. The number of hydrogen-bond donors (Lipinski definition) is 1. The van der Waals surface area contributed by atoms with Crippen molar-refractivity contribution >= 4 is 17.2 Å². The Bertz CT molecular complexity index is 597. The standard InChI is InChI=1S/C14H16FN3OS/c1-9-17-7-12(20-9)8-18(2)13(14(16)19)10-3-5-11(15)6-4-10/h3-7,13H,8H2,1-2H3,(H2,16,19)/t13-/m0/s1. The highest BCUT2D eigenvalue weighted by molar-refractivity contribution is 7.11. The van der Waals surface area contributed by atoms with Gasteiger partial charge in [0.25, 0.3) is 0 Å². The predicted molar refractivity (Wildman–Crippen MR) is 76.7 cm³/mol. The molecule has 2 aromatic rings. The topological polar surface area (TPSA) is 59.2 Å². The Morgan fingerprint density at radius 3 is 2.60 bits per heavy atom. The third-order valence-corrected chi connectivity index (χ3v) is 3.87. The lowest BCUT2D eigenvalue weighted by molar-refractivity contribution is -0.123. The van der Waals surface area contributed by atoms with Gasteiger partial charge in [-0.1, -0.05) is 12.1 Å². The lowest BCUT2D eigenvalue weighted by Gasteiger charge is -2.25. The second-order valence-corrected chi connectivity index (χ2v) is 5.94. The van der Waals surface area contributed by atoms with Crippen LogP contribution in [0.3, 0.4) is 0 Å². The molecule has 0 aliphatic carbocycles. The number of primary amides is 1. The molecule has 20 heavy (non-hydrogen) atoms. The minimum atomic E-state index is -0.585. The lowest BCUT2D eigenvalue weighted by atomic mass is 10.1. The Morgan fingerprint density at radius 1 is 1.45 bits per heavy atom. The molecule has 0 spiro atoms. The number of hydrogen-bond acceptors (Lipinski definition) is 4. The van der Waals surface area contributed by atoms with Crippen LogP contribution in [0.15, 0.2) is 30.5 Å². The zero-order chi connectivity index (χ0) is 14.7. The maximum Gasteiger partial charge on any atom is 0.239 e. The number of carbonyl (C=O) groups excluding carboxylic acids is 1. The first kappa shape index (κ1) is 14.6. The van der Waals surface area contributed by atoms with E-state index in [-0.39, 0.29) is 5.82 Å². The van der Waals surface area contributed by atoms with Crippen LogP contribution in [0, 0.1) is 12.7 Å². The molecule has 2 N–H and O–H groups in total. The molecular formula is C14H16FN3OS. The van der Waals surface area contributed by atoms with Gasteiger partial charge >= 0.3 is 0 Å². The van der Waals surface area contributed by atoms with Crippen LogP contribution in [0.5, 0.6) is 0 Å². The molecule has 1 aromatic heterocycles. The quantitative estimate of drug-likeness (QED) is 0.920. The van der Waals surface area contributed by atoms with Crippen molar-refractivity contribution in [3.8, 4) is 0 Å². The second-order valence-electron chi connectivity index (χ2n) is 4.62. The maximum absolute atomic E-state index is 13.0. The van der Waals surface area contributed by atoms with Crippen molar-refractivity contribution in [1.29, 1.82) is 0 Å². The summed E-state index contributed by atoms with van der Waals surface area (Å²) in [4.78, 5) is 18.8. The summed E-state index contributed by atoms with van der Waals surface area (Å²) in [5.41, 5.74) is 6.16. The van der Waals surface area contributed by atoms with Gasteiger partial charge in [0.2, 0.25) is 5.91 Å². The van der Waals surface area contributed by atoms with Gasteiger partial charge in [-0.05, 0) is 31.7 Å². The summed E-state index contributed by atoms with van der Waals surface area (Å²) in [6.07, 6.45) is 1.79. The van der Waals surface area contributed by atoms with Crippen LogP contribution in [-0.2, 0) is 11.3 Å². The minimum Gasteiger partial charge on any atom is -0.368 e. The number of rotatable bonds is 5. The molecule has 6 heteroatoms. The van der Waals surface area contributed by atoms with Crippen molar-refractivity contribution in [2.24, 2.45) is 5.73 Å². The van der Waals surface area contributed by atoms with Gasteiger partial charge in [0, 0.05) is 17.6 Å². The highest BCUT2D eigenvalue weighted by atomic mass is 32.1. The number of aryl methyl sites for hydroxylation is 1. The minimum absolute atomic E-state index is 0.335. The summed E-state index contributed by atoms with van der Waals surface area (Å²) in [6.45, 7) is 2.50. The molecule has 0 fully saturated rings. The van der Waals surface area contributed by atoms with Crippen LogP contribution in [0.2, 0.25) is 0 Å². The van der Waals surface area contributed by atoms with Gasteiger partial charge in [0.1, 0.15) is 11.9 Å². The molecule has 0 radical (unpaired) electrons. The van der Waals surface area contributed by atoms with Gasteiger partial charge in [0.15, 0.2) is 0 Å².